The lowest BCUT2D eigenvalue weighted by atomic mass is 10.1. The second-order valence-corrected chi connectivity index (χ2v) is 2.46. The van der Waals surface area contributed by atoms with E-state index in [2.05, 4.69) is 0 Å². The minimum absolute atomic E-state index is 0. The number of hydrogen-bond donors (Lipinski definition) is 0. The largest absolute Gasteiger partial charge is 0.357 e. The number of hydrogen-bond acceptors (Lipinski definition) is 2. The standard InChI is InChI=1S/C8H11NO.CH4/c1-7(10)8-4-3-5-9(2)6-8;/h3,5-6H,4H2,1-2H3;1H4. The summed E-state index contributed by atoms with van der Waals surface area (Å²) < 4.78 is 0. The smallest absolute Gasteiger partial charge is 0.157 e. The summed E-state index contributed by atoms with van der Waals surface area (Å²) >= 11 is 0. The van der Waals surface area contributed by atoms with E-state index in [1.807, 2.05) is 30.4 Å². The Balaban J connectivity index is 0.000001000. The second kappa shape index (κ2) is 3.96. The van der Waals surface area contributed by atoms with Gasteiger partial charge in [0.2, 0.25) is 0 Å². The lowest BCUT2D eigenvalue weighted by molar-refractivity contribution is -0.113. The maximum atomic E-state index is 10.8. The summed E-state index contributed by atoms with van der Waals surface area (Å²) in [4.78, 5) is 12.7. The highest BCUT2D eigenvalue weighted by Gasteiger charge is 2.05. The highest BCUT2D eigenvalue weighted by atomic mass is 16.1. The molecule has 0 aromatic carbocycles. The van der Waals surface area contributed by atoms with Crippen molar-refractivity contribution in [1.29, 1.82) is 0 Å². The number of ketones is 1. The molecular formula is C9H15NO. The van der Waals surface area contributed by atoms with Gasteiger partial charge in [-0.2, -0.15) is 0 Å². The normalized spacial score (nSPS) is 15.5. The number of carbonyl (C=O) groups excluding carboxylic acids is 1. The van der Waals surface area contributed by atoms with Crippen molar-refractivity contribution in [2.45, 2.75) is 20.8 Å². The van der Waals surface area contributed by atoms with E-state index in [4.69, 9.17) is 0 Å². The molecule has 0 amide bonds. The van der Waals surface area contributed by atoms with Gasteiger partial charge in [-0.15, -0.1) is 0 Å². The van der Waals surface area contributed by atoms with Crippen molar-refractivity contribution >= 4 is 5.78 Å². The molecular weight excluding hydrogens is 138 g/mol. The summed E-state index contributed by atoms with van der Waals surface area (Å²) in [7, 11) is 1.92. The van der Waals surface area contributed by atoms with Gasteiger partial charge in [0.05, 0.1) is 0 Å². The maximum absolute atomic E-state index is 10.8. The third-order valence-corrected chi connectivity index (χ3v) is 1.49. The predicted octanol–water partition coefficient (Wildman–Crippen LogP) is 1.94. The summed E-state index contributed by atoms with van der Waals surface area (Å²) in [5.74, 6) is 0.163. The fourth-order valence-corrected chi connectivity index (χ4v) is 0.922. The predicted molar refractivity (Wildman–Crippen MR) is 47.0 cm³/mol. The number of Topliss-reactive ketones (excluding diaryl/α,β-unsaturated/α-hetero) is 1. The highest BCUT2D eigenvalue weighted by molar-refractivity contribution is 5.93. The van der Waals surface area contributed by atoms with E-state index >= 15 is 0 Å². The fourth-order valence-electron chi connectivity index (χ4n) is 0.922. The van der Waals surface area contributed by atoms with Gasteiger partial charge in [0.1, 0.15) is 0 Å². The molecule has 11 heavy (non-hydrogen) atoms. The van der Waals surface area contributed by atoms with Crippen molar-refractivity contribution in [1.82, 2.24) is 4.90 Å². The molecule has 0 unspecified atom stereocenters. The Morgan fingerprint density at radius 3 is 2.64 bits per heavy atom. The van der Waals surface area contributed by atoms with Crippen LogP contribution >= 0.6 is 0 Å². The van der Waals surface area contributed by atoms with Crippen molar-refractivity contribution in [2.24, 2.45) is 0 Å². The molecule has 1 aliphatic rings. The van der Waals surface area contributed by atoms with Crippen LogP contribution < -0.4 is 0 Å². The van der Waals surface area contributed by atoms with E-state index in [1.54, 1.807) is 6.92 Å². The summed E-state index contributed by atoms with van der Waals surface area (Å²) in [5.41, 5.74) is 0.880. The van der Waals surface area contributed by atoms with Gasteiger partial charge in [0, 0.05) is 18.8 Å². The molecule has 1 aliphatic heterocycles. The van der Waals surface area contributed by atoms with Gasteiger partial charge in [0.25, 0.3) is 0 Å². The first kappa shape index (κ1) is 9.95. The first-order valence-electron chi connectivity index (χ1n) is 3.30. The van der Waals surface area contributed by atoms with Gasteiger partial charge < -0.3 is 4.90 Å². The van der Waals surface area contributed by atoms with Gasteiger partial charge >= 0.3 is 0 Å². The van der Waals surface area contributed by atoms with E-state index < -0.39 is 0 Å². The molecule has 0 radical (unpaired) electrons. The van der Waals surface area contributed by atoms with Gasteiger partial charge in [0.15, 0.2) is 5.78 Å². The van der Waals surface area contributed by atoms with Crippen LogP contribution in [0.5, 0.6) is 0 Å². The molecule has 0 atom stereocenters. The zero-order valence-electron chi connectivity index (χ0n) is 6.29. The van der Waals surface area contributed by atoms with Crippen molar-refractivity contribution < 1.29 is 4.79 Å². The van der Waals surface area contributed by atoms with E-state index in [0.717, 1.165) is 12.0 Å². The fraction of sp³-hybridized carbons (Fsp3) is 0.444. The monoisotopic (exact) mass is 153 g/mol. The Morgan fingerprint density at radius 2 is 2.27 bits per heavy atom. The summed E-state index contributed by atoms with van der Waals surface area (Å²) in [6.45, 7) is 1.60. The Hall–Kier alpha value is -1.05. The van der Waals surface area contributed by atoms with Crippen LogP contribution in [0.25, 0.3) is 0 Å². The average Bonchev–Trinajstić information content (AvgIpc) is 1.88. The molecule has 0 bridgehead atoms. The molecule has 0 N–H and O–H groups in total. The number of allylic oxidation sites excluding steroid dienone is 2. The molecule has 0 spiro atoms. The molecule has 0 saturated carbocycles. The zero-order chi connectivity index (χ0) is 7.56. The van der Waals surface area contributed by atoms with Crippen molar-refractivity contribution in [3.05, 3.63) is 24.0 Å². The van der Waals surface area contributed by atoms with E-state index in [9.17, 15) is 4.79 Å². The number of rotatable bonds is 1. The average molecular weight is 153 g/mol. The van der Waals surface area contributed by atoms with Crippen molar-refractivity contribution in [3.63, 3.8) is 0 Å². The van der Waals surface area contributed by atoms with Crippen LogP contribution in [-0.4, -0.2) is 17.7 Å². The lowest BCUT2D eigenvalue weighted by Gasteiger charge is -2.14. The quantitative estimate of drug-likeness (QED) is 0.573. The summed E-state index contributed by atoms with van der Waals surface area (Å²) in [5, 5.41) is 0. The number of carbonyl (C=O) groups is 1. The van der Waals surface area contributed by atoms with E-state index in [1.165, 1.54) is 0 Å². The van der Waals surface area contributed by atoms with Gasteiger partial charge in [-0.3, -0.25) is 4.79 Å². The van der Waals surface area contributed by atoms with Gasteiger partial charge in [-0.05, 0) is 19.5 Å². The van der Waals surface area contributed by atoms with Gasteiger partial charge in [-0.25, -0.2) is 0 Å². The molecule has 1 rings (SSSR count). The number of nitrogens with zero attached hydrogens (tertiary/aromatic N) is 1. The molecule has 1 heterocycles. The molecule has 2 heteroatoms. The Morgan fingerprint density at radius 1 is 1.64 bits per heavy atom. The van der Waals surface area contributed by atoms with Crippen LogP contribution in [0.3, 0.4) is 0 Å². The van der Waals surface area contributed by atoms with Crippen LogP contribution in [0.1, 0.15) is 20.8 Å². The van der Waals surface area contributed by atoms with Crippen LogP contribution in [0, 0.1) is 0 Å². The van der Waals surface area contributed by atoms with Gasteiger partial charge in [-0.1, -0.05) is 13.5 Å². The second-order valence-electron chi connectivity index (χ2n) is 2.46. The lowest BCUT2D eigenvalue weighted by Crippen LogP contribution is -2.09. The first-order valence-corrected chi connectivity index (χ1v) is 3.30. The third kappa shape index (κ3) is 2.58. The SMILES string of the molecule is C.CC(=O)C1=CN(C)C=CC1. The van der Waals surface area contributed by atoms with E-state index in [-0.39, 0.29) is 13.2 Å². The first-order chi connectivity index (χ1) is 4.70. The Labute approximate surface area is 68.2 Å². The molecule has 0 aromatic heterocycles. The Bertz CT molecular complexity index is 204. The van der Waals surface area contributed by atoms with E-state index in [0.29, 0.717) is 0 Å². The van der Waals surface area contributed by atoms with Crippen LogP contribution in [0.4, 0.5) is 0 Å². The summed E-state index contributed by atoms with van der Waals surface area (Å²) in [6, 6.07) is 0. The molecule has 0 fully saturated rings. The molecule has 0 aromatic rings. The Kier molecular flexibility index (Phi) is 3.58. The molecule has 62 valence electrons. The minimum Gasteiger partial charge on any atom is -0.357 e. The minimum atomic E-state index is 0. The van der Waals surface area contributed by atoms with Crippen molar-refractivity contribution in [3.8, 4) is 0 Å². The summed E-state index contributed by atoms with van der Waals surface area (Å²) in [6.07, 6.45) is 6.57. The third-order valence-electron chi connectivity index (χ3n) is 1.49. The van der Waals surface area contributed by atoms with Crippen molar-refractivity contribution in [2.75, 3.05) is 7.05 Å². The molecule has 2 nitrogen and oxygen atoms in total. The molecule has 0 saturated heterocycles. The van der Waals surface area contributed by atoms with Crippen LogP contribution in [0.15, 0.2) is 24.0 Å². The van der Waals surface area contributed by atoms with Crippen LogP contribution in [0.2, 0.25) is 0 Å². The molecule has 0 aliphatic carbocycles. The maximum Gasteiger partial charge on any atom is 0.157 e. The highest BCUT2D eigenvalue weighted by Crippen LogP contribution is 2.10. The zero-order valence-corrected chi connectivity index (χ0v) is 6.29. The topological polar surface area (TPSA) is 20.3 Å². The van der Waals surface area contributed by atoms with Crippen LogP contribution in [-0.2, 0) is 4.79 Å².